The zero-order valence-corrected chi connectivity index (χ0v) is 17.3. The lowest BCUT2D eigenvalue weighted by molar-refractivity contribution is -0.0494. The molecule has 0 bridgehead atoms. The molecule has 7 nitrogen and oxygen atoms in total. The monoisotopic (exact) mass is 455 g/mol. The number of nitrogens with zero attached hydrogens (tertiary/aromatic N) is 4. The minimum absolute atomic E-state index is 0.174. The largest absolute Gasteiger partial charge is 0.431 e. The molecule has 2 unspecified atom stereocenters. The third-order valence-electron chi connectivity index (χ3n) is 6.84. The molecule has 5 rings (SSSR count). The third kappa shape index (κ3) is 4.15. The van der Waals surface area contributed by atoms with Crippen molar-refractivity contribution in [2.45, 2.75) is 44.4 Å². The van der Waals surface area contributed by atoms with Crippen molar-refractivity contribution in [2.24, 2.45) is 11.8 Å². The molecular weight excluding hydrogens is 430 g/mol. The lowest BCUT2D eigenvalue weighted by Crippen LogP contribution is -2.43. The number of ether oxygens (including phenoxy) is 2. The molecule has 1 saturated heterocycles. The van der Waals surface area contributed by atoms with Crippen LogP contribution in [0.5, 0.6) is 5.75 Å². The molecule has 0 spiro atoms. The van der Waals surface area contributed by atoms with Crippen molar-refractivity contribution in [3.05, 3.63) is 24.0 Å². The van der Waals surface area contributed by atoms with Crippen LogP contribution in [-0.2, 0) is 11.3 Å². The first-order valence-electron chi connectivity index (χ1n) is 10.8. The number of aromatic nitrogens is 3. The summed E-state index contributed by atoms with van der Waals surface area (Å²) in [5, 5.41) is 4.35. The molecule has 1 aliphatic heterocycles. The fraction of sp³-hybridized carbons (Fsp3) is 0.619. The van der Waals surface area contributed by atoms with Crippen LogP contribution in [0.25, 0.3) is 11.3 Å². The molecule has 2 aromatic rings. The first kappa shape index (κ1) is 21.4. The predicted octanol–water partition coefficient (Wildman–Crippen LogP) is 3.22. The molecule has 174 valence electrons. The van der Waals surface area contributed by atoms with Crippen LogP contribution in [0, 0.1) is 11.8 Å². The quantitative estimate of drug-likeness (QED) is 0.646. The lowest BCUT2D eigenvalue weighted by atomic mass is 10.0. The molecule has 0 aromatic carbocycles. The van der Waals surface area contributed by atoms with Gasteiger partial charge in [0.2, 0.25) is 0 Å². The Kier molecular flexibility index (Phi) is 5.70. The molecule has 2 N–H and O–H groups in total. The van der Waals surface area contributed by atoms with Crippen molar-refractivity contribution in [1.29, 1.82) is 0 Å². The second-order valence-corrected chi connectivity index (χ2v) is 8.64. The second kappa shape index (κ2) is 8.51. The van der Waals surface area contributed by atoms with Gasteiger partial charge in [0.05, 0.1) is 18.9 Å². The molecule has 3 heterocycles. The minimum Gasteiger partial charge on any atom is -0.431 e. The highest BCUT2D eigenvalue weighted by Crippen LogP contribution is 2.64. The number of anilines is 1. The minimum atomic E-state index is -3.05. The number of morpholine rings is 1. The average Bonchev–Trinajstić information content (AvgIpc) is 3.09. The van der Waals surface area contributed by atoms with E-state index in [2.05, 4.69) is 19.7 Å². The second-order valence-electron chi connectivity index (χ2n) is 8.64. The maximum Gasteiger partial charge on any atom is 0.387 e. The number of nitrogen functional groups attached to an aromatic ring is 1. The van der Waals surface area contributed by atoms with Gasteiger partial charge in [-0.15, -0.1) is 0 Å². The number of halogens is 4. The summed E-state index contributed by atoms with van der Waals surface area (Å²) in [5.41, 5.74) is 7.15. The molecule has 2 atom stereocenters. The van der Waals surface area contributed by atoms with Crippen LogP contribution < -0.4 is 10.5 Å². The maximum absolute atomic E-state index is 13.2. The molecule has 2 aliphatic carbocycles. The van der Waals surface area contributed by atoms with Crippen LogP contribution in [-0.4, -0.2) is 65.0 Å². The van der Waals surface area contributed by atoms with E-state index >= 15 is 0 Å². The Hall–Kier alpha value is -2.40. The van der Waals surface area contributed by atoms with Crippen LogP contribution in [0.1, 0.15) is 24.5 Å². The Morgan fingerprint density at radius 1 is 1.12 bits per heavy atom. The van der Waals surface area contributed by atoms with Gasteiger partial charge in [0.25, 0.3) is 6.43 Å². The van der Waals surface area contributed by atoms with E-state index in [0.717, 1.165) is 44.8 Å². The van der Waals surface area contributed by atoms with Crippen LogP contribution >= 0.6 is 0 Å². The third-order valence-corrected chi connectivity index (χ3v) is 6.84. The van der Waals surface area contributed by atoms with E-state index in [-0.39, 0.29) is 17.5 Å². The zero-order valence-electron chi connectivity index (χ0n) is 17.3. The summed E-state index contributed by atoms with van der Waals surface area (Å²) in [6, 6.07) is 3.61. The van der Waals surface area contributed by atoms with E-state index < -0.39 is 19.6 Å². The summed E-state index contributed by atoms with van der Waals surface area (Å²) in [6.07, 6.45) is 0.915. The molecule has 0 amide bonds. The van der Waals surface area contributed by atoms with Crippen LogP contribution in [0.15, 0.2) is 18.3 Å². The topological polar surface area (TPSA) is 78.4 Å². The highest BCUT2D eigenvalue weighted by molar-refractivity contribution is 5.64. The molecule has 0 radical (unpaired) electrons. The number of fused-ring (bicyclic) bond motifs is 1. The number of hydrogen-bond acceptors (Lipinski definition) is 6. The van der Waals surface area contributed by atoms with Crippen LogP contribution in [0.2, 0.25) is 0 Å². The van der Waals surface area contributed by atoms with Crippen LogP contribution in [0.3, 0.4) is 0 Å². The molecule has 32 heavy (non-hydrogen) atoms. The molecule has 3 aliphatic rings. The summed E-state index contributed by atoms with van der Waals surface area (Å²) in [4.78, 5) is 6.37. The molecule has 3 fully saturated rings. The number of alkyl halides is 4. The maximum atomic E-state index is 13.2. The molecular formula is C21H25F4N5O2. The smallest absolute Gasteiger partial charge is 0.387 e. The number of nitrogens with two attached hydrogens (primary N) is 1. The van der Waals surface area contributed by atoms with E-state index in [0.29, 0.717) is 29.1 Å². The summed E-state index contributed by atoms with van der Waals surface area (Å²) >= 11 is 0. The van der Waals surface area contributed by atoms with E-state index in [4.69, 9.17) is 10.5 Å². The van der Waals surface area contributed by atoms with Gasteiger partial charge in [-0.3, -0.25) is 9.58 Å². The van der Waals surface area contributed by atoms with Gasteiger partial charge in [-0.25, -0.2) is 13.8 Å². The summed E-state index contributed by atoms with van der Waals surface area (Å²) in [5.74, 6) is 0.647. The summed E-state index contributed by atoms with van der Waals surface area (Å²) < 4.78 is 63.0. The summed E-state index contributed by atoms with van der Waals surface area (Å²) in [6.45, 7) is -0.169. The number of pyridine rings is 1. The van der Waals surface area contributed by atoms with Crippen molar-refractivity contribution in [1.82, 2.24) is 19.7 Å². The van der Waals surface area contributed by atoms with Crippen molar-refractivity contribution in [2.75, 3.05) is 32.0 Å². The van der Waals surface area contributed by atoms with Gasteiger partial charge in [-0.05, 0) is 36.8 Å². The van der Waals surface area contributed by atoms with Gasteiger partial charge < -0.3 is 15.2 Å². The van der Waals surface area contributed by atoms with Gasteiger partial charge in [0.1, 0.15) is 6.54 Å². The van der Waals surface area contributed by atoms with Crippen LogP contribution in [0.4, 0.5) is 23.4 Å². The van der Waals surface area contributed by atoms with E-state index in [9.17, 15) is 17.6 Å². The predicted molar refractivity (Wildman–Crippen MR) is 108 cm³/mol. The first-order chi connectivity index (χ1) is 15.4. The first-order valence-corrected chi connectivity index (χ1v) is 10.8. The Labute approximate surface area is 182 Å². The van der Waals surface area contributed by atoms with Gasteiger partial charge in [0.15, 0.2) is 11.6 Å². The number of hydrogen-bond donors (Lipinski definition) is 1. The highest BCUT2D eigenvalue weighted by atomic mass is 19.3. The Bertz CT molecular complexity index is 954. The van der Waals surface area contributed by atoms with E-state index in [1.54, 1.807) is 6.07 Å². The SMILES string of the molecule is Nc1ncc(-c2cc(C3C4CC(N5CCOCC5)CC43)n(CC(F)F)n2)cc1OC(F)F. The van der Waals surface area contributed by atoms with Gasteiger partial charge in [-0.2, -0.15) is 13.9 Å². The molecule has 2 aromatic heterocycles. The number of rotatable bonds is 7. The Morgan fingerprint density at radius 3 is 2.50 bits per heavy atom. The lowest BCUT2D eigenvalue weighted by Gasteiger charge is -2.33. The average molecular weight is 455 g/mol. The van der Waals surface area contributed by atoms with E-state index in [1.807, 2.05) is 0 Å². The normalized spacial score (nSPS) is 27.8. The standard InChI is InChI=1S/C21H25F4N5O2/c22-18(23)10-30-16(19-13-6-12(7-14(13)19)29-1-3-31-4-2-29)8-15(28-30)11-5-17(32-21(24)25)20(26)27-9-11/h5,8-9,12-14,18-19,21H,1-4,6-7,10H2,(H2,26,27). The van der Waals surface area contributed by atoms with E-state index in [1.165, 1.54) is 16.9 Å². The Balaban J connectivity index is 1.36. The fourth-order valence-electron chi connectivity index (χ4n) is 5.39. The van der Waals surface area contributed by atoms with Crippen molar-refractivity contribution in [3.63, 3.8) is 0 Å². The van der Waals surface area contributed by atoms with Gasteiger partial charge >= 0.3 is 6.61 Å². The van der Waals surface area contributed by atoms with Gasteiger partial charge in [-0.1, -0.05) is 0 Å². The van der Waals surface area contributed by atoms with Crippen molar-refractivity contribution < 1.29 is 27.0 Å². The van der Waals surface area contributed by atoms with Crippen molar-refractivity contribution >= 4 is 5.82 Å². The zero-order chi connectivity index (χ0) is 22.4. The fourth-order valence-corrected chi connectivity index (χ4v) is 5.39. The van der Waals surface area contributed by atoms with Crippen molar-refractivity contribution in [3.8, 4) is 17.0 Å². The molecule has 2 saturated carbocycles. The Morgan fingerprint density at radius 2 is 1.84 bits per heavy atom. The van der Waals surface area contributed by atoms with Gasteiger partial charge in [0, 0.05) is 42.5 Å². The highest BCUT2D eigenvalue weighted by Gasteiger charge is 2.58. The summed E-state index contributed by atoms with van der Waals surface area (Å²) in [7, 11) is 0. The molecule has 11 heteroatoms.